The van der Waals surface area contributed by atoms with Gasteiger partial charge in [0, 0.05) is 5.69 Å². The fourth-order valence-electron chi connectivity index (χ4n) is 1.13. The number of rotatable bonds is 3. The molecule has 2 N–H and O–H groups in total. The second-order valence-corrected chi connectivity index (χ2v) is 4.82. The lowest BCUT2D eigenvalue weighted by molar-refractivity contribution is 0.368. The maximum absolute atomic E-state index is 10.6. The van der Waals surface area contributed by atoms with Crippen LogP contribution in [0.2, 0.25) is 0 Å². The van der Waals surface area contributed by atoms with Crippen LogP contribution in [0.5, 0.6) is 0 Å². The normalized spacial score (nSPS) is 12.0. The van der Waals surface area contributed by atoms with Crippen LogP contribution in [0.4, 0.5) is 0 Å². The molecule has 0 unspecified atom stereocenters. The SMILES string of the molecule is Cc1cc(C)n(CCP(=O)(O)O)n1. The molecule has 0 bridgehead atoms. The van der Waals surface area contributed by atoms with Crippen molar-refractivity contribution in [3.05, 3.63) is 17.5 Å². The van der Waals surface area contributed by atoms with Crippen LogP contribution in [-0.2, 0) is 11.1 Å². The van der Waals surface area contributed by atoms with Crippen LogP contribution in [0, 0.1) is 13.8 Å². The highest BCUT2D eigenvalue weighted by Crippen LogP contribution is 2.34. The number of aromatic nitrogens is 2. The van der Waals surface area contributed by atoms with Gasteiger partial charge in [-0.2, -0.15) is 5.10 Å². The molecule has 5 nitrogen and oxygen atoms in total. The Hall–Kier alpha value is -0.640. The van der Waals surface area contributed by atoms with Gasteiger partial charge in [0.05, 0.1) is 18.4 Å². The maximum atomic E-state index is 10.6. The van der Waals surface area contributed by atoms with Gasteiger partial charge in [0.1, 0.15) is 0 Å². The van der Waals surface area contributed by atoms with Crippen molar-refractivity contribution in [3.63, 3.8) is 0 Å². The summed E-state index contributed by atoms with van der Waals surface area (Å²) < 4.78 is 12.2. The number of aryl methyl sites for hydroxylation is 3. The molecule has 0 saturated heterocycles. The summed E-state index contributed by atoms with van der Waals surface area (Å²) >= 11 is 0. The predicted octanol–water partition coefficient (Wildman–Crippen LogP) is 0.678. The lowest BCUT2D eigenvalue weighted by Crippen LogP contribution is -2.06. The first kappa shape index (κ1) is 10.4. The van der Waals surface area contributed by atoms with Crippen molar-refractivity contribution < 1.29 is 14.4 Å². The lowest BCUT2D eigenvalue weighted by Gasteiger charge is -2.05. The predicted molar refractivity (Wildman–Crippen MR) is 48.6 cm³/mol. The highest BCUT2D eigenvalue weighted by molar-refractivity contribution is 7.51. The molecule has 0 saturated carbocycles. The first-order chi connectivity index (χ1) is 5.88. The Morgan fingerprint density at radius 3 is 2.54 bits per heavy atom. The molecule has 0 aromatic carbocycles. The molecule has 1 rings (SSSR count). The van der Waals surface area contributed by atoms with E-state index >= 15 is 0 Å². The van der Waals surface area contributed by atoms with E-state index in [9.17, 15) is 4.57 Å². The Balaban J connectivity index is 2.65. The molecule has 0 radical (unpaired) electrons. The molecule has 0 amide bonds. The van der Waals surface area contributed by atoms with Crippen LogP contribution in [-0.4, -0.2) is 25.7 Å². The molecule has 13 heavy (non-hydrogen) atoms. The van der Waals surface area contributed by atoms with Crippen LogP contribution in [0.1, 0.15) is 11.4 Å². The fourth-order valence-corrected chi connectivity index (χ4v) is 1.58. The van der Waals surface area contributed by atoms with Crippen molar-refractivity contribution in [2.45, 2.75) is 20.4 Å². The monoisotopic (exact) mass is 204 g/mol. The van der Waals surface area contributed by atoms with Crippen LogP contribution in [0.25, 0.3) is 0 Å². The van der Waals surface area contributed by atoms with Crippen molar-refractivity contribution in [2.75, 3.05) is 6.16 Å². The largest absolute Gasteiger partial charge is 0.327 e. The van der Waals surface area contributed by atoms with Gasteiger partial charge in [0.2, 0.25) is 0 Å². The molecule has 6 heteroatoms. The minimum absolute atomic E-state index is 0.158. The highest BCUT2D eigenvalue weighted by atomic mass is 31.2. The zero-order valence-corrected chi connectivity index (χ0v) is 8.53. The molecular weight excluding hydrogens is 191 g/mol. The fraction of sp³-hybridized carbons (Fsp3) is 0.571. The summed E-state index contributed by atoms with van der Waals surface area (Å²) in [6.45, 7) is 3.98. The van der Waals surface area contributed by atoms with Crippen molar-refractivity contribution in [2.24, 2.45) is 0 Å². The number of nitrogens with zero attached hydrogens (tertiary/aromatic N) is 2. The summed E-state index contributed by atoms with van der Waals surface area (Å²) in [5, 5.41) is 4.09. The summed E-state index contributed by atoms with van der Waals surface area (Å²) in [6, 6.07) is 1.87. The van der Waals surface area contributed by atoms with Gasteiger partial charge in [-0.3, -0.25) is 9.25 Å². The summed E-state index contributed by atoms with van der Waals surface area (Å²) in [7, 11) is -3.90. The Morgan fingerprint density at radius 1 is 1.54 bits per heavy atom. The standard InChI is InChI=1S/C7H13N2O3P/c1-6-5-7(2)9(8-6)3-4-13(10,11)12/h5H,3-4H2,1-2H3,(H2,10,11,12). The first-order valence-electron chi connectivity index (χ1n) is 3.94. The lowest BCUT2D eigenvalue weighted by atomic mass is 10.4. The first-order valence-corrected chi connectivity index (χ1v) is 5.74. The molecule has 0 aliphatic rings. The van der Waals surface area contributed by atoms with E-state index in [1.807, 2.05) is 19.9 Å². The third kappa shape index (κ3) is 3.30. The van der Waals surface area contributed by atoms with Gasteiger partial charge < -0.3 is 9.79 Å². The van der Waals surface area contributed by atoms with Crippen LogP contribution in [0.3, 0.4) is 0 Å². The van der Waals surface area contributed by atoms with E-state index in [0.717, 1.165) is 11.4 Å². The molecule has 1 aromatic heterocycles. The maximum Gasteiger partial charge on any atom is 0.327 e. The molecule has 0 atom stereocenters. The molecule has 1 aromatic rings. The van der Waals surface area contributed by atoms with Crippen molar-refractivity contribution in [1.82, 2.24) is 9.78 Å². The van der Waals surface area contributed by atoms with E-state index in [4.69, 9.17) is 9.79 Å². The Kier molecular flexibility index (Phi) is 2.91. The smallest absolute Gasteiger partial charge is 0.324 e. The molecule has 0 spiro atoms. The van der Waals surface area contributed by atoms with Crippen LogP contribution in [0.15, 0.2) is 6.07 Å². The van der Waals surface area contributed by atoms with Gasteiger partial charge in [-0.1, -0.05) is 0 Å². The summed E-state index contributed by atoms with van der Waals surface area (Å²) in [4.78, 5) is 17.3. The van der Waals surface area contributed by atoms with Crippen molar-refractivity contribution in [3.8, 4) is 0 Å². The van der Waals surface area contributed by atoms with Gasteiger partial charge in [-0.15, -0.1) is 0 Å². The van der Waals surface area contributed by atoms with Crippen molar-refractivity contribution >= 4 is 7.60 Å². The Labute approximate surface area is 76.5 Å². The van der Waals surface area contributed by atoms with Crippen LogP contribution < -0.4 is 0 Å². The van der Waals surface area contributed by atoms with Crippen LogP contribution >= 0.6 is 7.60 Å². The number of hydrogen-bond donors (Lipinski definition) is 2. The van der Waals surface area contributed by atoms with Gasteiger partial charge in [0.25, 0.3) is 0 Å². The quantitative estimate of drug-likeness (QED) is 0.710. The van der Waals surface area contributed by atoms with Gasteiger partial charge in [0.15, 0.2) is 0 Å². The third-order valence-electron chi connectivity index (χ3n) is 1.71. The summed E-state index contributed by atoms with van der Waals surface area (Å²) in [5.74, 6) is 0. The Bertz CT molecular complexity index is 342. The summed E-state index contributed by atoms with van der Waals surface area (Å²) in [5.41, 5.74) is 1.79. The molecular formula is C7H13N2O3P. The van der Waals surface area contributed by atoms with E-state index in [-0.39, 0.29) is 12.7 Å². The topological polar surface area (TPSA) is 75.4 Å². The molecule has 74 valence electrons. The van der Waals surface area contributed by atoms with E-state index < -0.39 is 7.60 Å². The molecule has 0 aliphatic carbocycles. The average molecular weight is 204 g/mol. The second kappa shape index (κ2) is 3.62. The van der Waals surface area contributed by atoms with Gasteiger partial charge in [-0.05, 0) is 19.9 Å². The zero-order chi connectivity index (χ0) is 10.1. The van der Waals surface area contributed by atoms with Gasteiger partial charge >= 0.3 is 7.60 Å². The van der Waals surface area contributed by atoms with E-state index in [1.165, 1.54) is 0 Å². The van der Waals surface area contributed by atoms with E-state index in [0.29, 0.717) is 0 Å². The highest BCUT2D eigenvalue weighted by Gasteiger charge is 2.13. The Morgan fingerprint density at radius 2 is 2.15 bits per heavy atom. The molecule has 0 aliphatic heterocycles. The van der Waals surface area contributed by atoms with E-state index in [1.54, 1.807) is 4.68 Å². The number of hydrogen-bond acceptors (Lipinski definition) is 2. The molecule has 0 fully saturated rings. The minimum atomic E-state index is -3.90. The second-order valence-electron chi connectivity index (χ2n) is 3.04. The van der Waals surface area contributed by atoms with Crippen molar-refractivity contribution in [1.29, 1.82) is 0 Å². The molecule has 1 heterocycles. The summed E-state index contributed by atoms with van der Waals surface area (Å²) in [6.07, 6.45) is -0.158. The van der Waals surface area contributed by atoms with Gasteiger partial charge in [-0.25, -0.2) is 0 Å². The van der Waals surface area contributed by atoms with E-state index in [2.05, 4.69) is 5.10 Å². The minimum Gasteiger partial charge on any atom is -0.324 e. The zero-order valence-electron chi connectivity index (χ0n) is 7.64. The average Bonchev–Trinajstić information content (AvgIpc) is 2.24. The third-order valence-corrected chi connectivity index (χ3v) is 2.49.